The van der Waals surface area contributed by atoms with Crippen LogP contribution in [0.1, 0.15) is 17.2 Å². The summed E-state index contributed by atoms with van der Waals surface area (Å²) in [5, 5.41) is 5.93. The topological polar surface area (TPSA) is 68.8 Å². The number of halogens is 2. The van der Waals surface area contributed by atoms with Crippen molar-refractivity contribution in [2.45, 2.75) is 6.04 Å². The Morgan fingerprint density at radius 3 is 2.57 bits per heavy atom. The summed E-state index contributed by atoms with van der Waals surface area (Å²) >= 11 is 0. The Bertz CT molecular complexity index is 761. The second-order valence-electron chi connectivity index (χ2n) is 5.83. The molecule has 2 aromatic rings. The normalized spacial score (nSPS) is 11.3. The van der Waals surface area contributed by atoms with E-state index < -0.39 is 11.9 Å². The summed E-state index contributed by atoms with van der Waals surface area (Å²) in [5.41, 5.74) is 1.28. The number of ether oxygens (including phenoxy) is 3. The zero-order chi connectivity index (χ0) is 19.6. The summed E-state index contributed by atoms with van der Waals surface area (Å²) in [7, 11) is 4.67. The molecule has 28 heavy (non-hydrogen) atoms. The standard InChI is InChI=1S/C20H25FN2O4.ClH/c1-25-10-9-22-13-19(24)23-20(14-5-4-6-16(11-14)26-2)17-12-15(21)7-8-18(17)27-3;/h4-8,11-12,20,22H,9-10,13H2,1-3H3,(H,23,24);1H. The van der Waals surface area contributed by atoms with Crippen molar-refractivity contribution in [2.24, 2.45) is 0 Å². The number of hydrogen-bond acceptors (Lipinski definition) is 5. The predicted molar refractivity (Wildman–Crippen MR) is 108 cm³/mol. The van der Waals surface area contributed by atoms with Crippen LogP contribution in [0.5, 0.6) is 11.5 Å². The molecule has 154 valence electrons. The molecule has 0 saturated carbocycles. The molecule has 0 aliphatic carbocycles. The minimum Gasteiger partial charge on any atom is -0.497 e. The Labute approximate surface area is 170 Å². The van der Waals surface area contributed by atoms with E-state index in [1.807, 2.05) is 12.1 Å². The van der Waals surface area contributed by atoms with Crippen LogP contribution in [-0.2, 0) is 9.53 Å². The van der Waals surface area contributed by atoms with E-state index in [-0.39, 0.29) is 24.9 Å². The van der Waals surface area contributed by atoms with E-state index in [1.165, 1.54) is 19.2 Å². The van der Waals surface area contributed by atoms with Crippen LogP contribution in [0, 0.1) is 5.82 Å². The molecule has 2 aromatic carbocycles. The van der Waals surface area contributed by atoms with Gasteiger partial charge >= 0.3 is 0 Å². The first-order valence-corrected chi connectivity index (χ1v) is 8.55. The molecule has 2 N–H and O–H groups in total. The second kappa shape index (κ2) is 12.2. The minimum absolute atomic E-state index is 0. The van der Waals surface area contributed by atoms with E-state index in [0.717, 1.165) is 5.56 Å². The van der Waals surface area contributed by atoms with Gasteiger partial charge in [0.25, 0.3) is 0 Å². The van der Waals surface area contributed by atoms with Crippen LogP contribution in [0.3, 0.4) is 0 Å². The van der Waals surface area contributed by atoms with Crippen molar-refractivity contribution >= 4 is 18.3 Å². The molecule has 2 rings (SSSR count). The van der Waals surface area contributed by atoms with Crippen LogP contribution in [-0.4, -0.2) is 46.9 Å². The summed E-state index contributed by atoms with van der Waals surface area (Å²) < 4.78 is 29.5. The van der Waals surface area contributed by atoms with Crippen LogP contribution < -0.4 is 20.1 Å². The molecule has 1 amide bonds. The average molecular weight is 413 g/mol. The highest BCUT2D eigenvalue weighted by Crippen LogP contribution is 2.32. The number of hydrogen-bond donors (Lipinski definition) is 2. The van der Waals surface area contributed by atoms with Gasteiger partial charge in [0.15, 0.2) is 0 Å². The molecular weight excluding hydrogens is 387 g/mol. The van der Waals surface area contributed by atoms with E-state index in [2.05, 4.69) is 10.6 Å². The van der Waals surface area contributed by atoms with Gasteiger partial charge in [-0.2, -0.15) is 0 Å². The highest BCUT2D eigenvalue weighted by molar-refractivity contribution is 5.85. The zero-order valence-electron chi connectivity index (χ0n) is 16.2. The summed E-state index contributed by atoms with van der Waals surface area (Å²) in [6, 6.07) is 10.9. The van der Waals surface area contributed by atoms with Gasteiger partial charge in [0.2, 0.25) is 5.91 Å². The van der Waals surface area contributed by atoms with Gasteiger partial charge in [-0.3, -0.25) is 4.79 Å². The first-order chi connectivity index (χ1) is 13.1. The summed E-state index contributed by atoms with van der Waals surface area (Å²) in [5.74, 6) is 0.480. The van der Waals surface area contributed by atoms with Gasteiger partial charge in [0.1, 0.15) is 17.3 Å². The molecule has 0 radical (unpaired) electrons. The quantitative estimate of drug-likeness (QED) is 0.587. The SMILES string of the molecule is COCCNCC(=O)NC(c1cccc(OC)c1)c1cc(F)ccc1OC.Cl. The number of benzene rings is 2. The largest absolute Gasteiger partial charge is 0.497 e. The van der Waals surface area contributed by atoms with Crippen molar-refractivity contribution in [3.8, 4) is 11.5 Å². The van der Waals surface area contributed by atoms with Crippen molar-refractivity contribution in [2.75, 3.05) is 41.0 Å². The predicted octanol–water partition coefficient (Wildman–Crippen LogP) is 2.71. The third-order valence-corrected chi connectivity index (χ3v) is 4.00. The molecule has 1 atom stereocenters. The van der Waals surface area contributed by atoms with Crippen LogP contribution in [0.4, 0.5) is 4.39 Å². The highest BCUT2D eigenvalue weighted by Gasteiger charge is 2.21. The third-order valence-electron chi connectivity index (χ3n) is 4.00. The fraction of sp³-hybridized carbons (Fsp3) is 0.350. The van der Waals surface area contributed by atoms with Crippen LogP contribution >= 0.6 is 12.4 Å². The van der Waals surface area contributed by atoms with Gasteiger partial charge in [0.05, 0.1) is 33.4 Å². The van der Waals surface area contributed by atoms with Crippen molar-refractivity contribution in [3.05, 3.63) is 59.4 Å². The maximum absolute atomic E-state index is 13.9. The maximum atomic E-state index is 13.9. The average Bonchev–Trinajstić information content (AvgIpc) is 2.69. The molecule has 0 heterocycles. The molecule has 6 nitrogen and oxygen atoms in total. The number of carbonyl (C=O) groups is 1. The highest BCUT2D eigenvalue weighted by atomic mass is 35.5. The van der Waals surface area contributed by atoms with Gasteiger partial charge in [-0.15, -0.1) is 12.4 Å². The number of rotatable bonds is 10. The Morgan fingerprint density at radius 1 is 1.11 bits per heavy atom. The lowest BCUT2D eigenvalue weighted by Gasteiger charge is -2.22. The van der Waals surface area contributed by atoms with Crippen molar-refractivity contribution in [1.82, 2.24) is 10.6 Å². The molecule has 0 spiro atoms. The van der Waals surface area contributed by atoms with Crippen LogP contribution in [0.25, 0.3) is 0 Å². The Hall–Kier alpha value is -2.35. The molecule has 0 aromatic heterocycles. The van der Waals surface area contributed by atoms with Gasteiger partial charge in [-0.25, -0.2) is 4.39 Å². The fourth-order valence-corrected chi connectivity index (χ4v) is 2.68. The van der Waals surface area contributed by atoms with Gasteiger partial charge < -0.3 is 24.8 Å². The monoisotopic (exact) mass is 412 g/mol. The molecule has 0 saturated heterocycles. The van der Waals surface area contributed by atoms with Crippen molar-refractivity contribution < 1.29 is 23.4 Å². The number of carbonyl (C=O) groups excluding carboxylic acids is 1. The van der Waals surface area contributed by atoms with E-state index in [0.29, 0.717) is 30.2 Å². The minimum atomic E-state index is -0.595. The summed E-state index contributed by atoms with van der Waals surface area (Å²) in [6.07, 6.45) is 0. The summed E-state index contributed by atoms with van der Waals surface area (Å²) in [6.45, 7) is 1.17. The molecular formula is C20H26ClFN2O4. The number of methoxy groups -OCH3 is 3. The molecule has 0 bridgehead atoms. The lowest BCUT2D eigenvalue weighted by Crippen LogP contribution is -2.37. The molecule has 0 fully saturated rings. The number of amides is 1. The number of nitrogens with one attached hydrogen (secondary N) is 2. The Kier molecular flexibility index (Phi) is 10.3. The first-order valence-electron chi connectivity index (χ1n) is 8.55. The molecule has 1 unspecified atom stereocenters. The third kappa shape index (κ3) is 6.67. The fourth-order valence-electron chi connectivity index (χ4n) is 2.68. The van der Waals surface area contributed by atoms with Gasteiger partial charge in [-0.1, -0.05) is 12.1 Å². The van der Waals surface area contributed by atoms with Crippen molar-refractivity contribution in [1.29, 1.82) is 0 Å². The van der Waals surface area contributed by atoms with Crippen molar-refractivity contribution in [3.63, 3.8) is 0 Å². The van der Waals surface area contributed by atoms with Gasteiger partial charge in [-0.05, 0) is 35.9 Å². The van der Waals surface area contributed by atoms with E-state index >= 15 is 0 Å². The Balaban J connectivity index is 0.00000392. The zero-order valence-corrected chi connectivity index (χ0v) is 17.0. The van der Waals surface area contributed by atoms with E-state index in [9.17, 15) is 9.18 Å². The van der Waals surface area contributed by atoms with E-state index in [1.54, 1.807) is 32.4 Å². The smallest absolute Gasteiger partial charge is 0.234 e. The lowest BCUT2D eigenvalue weighted by atomic mass is 9.97. The first kappa shape index (κ1) is 23.7. The van der Waals surface area contributed by atoms with Gasteiger partial charge in [0, 0.05) is 19.2 Å². The maximum Gasteiger partial charge on any atom is 0.234 e. The van der Waals surface area contributed by atoms with Crippen LogP contribution in [0.2, 0.25) is 0 Å². The Morgan fingerprint density at radius 2 is 1.89 bits per heavy atom. The van der Waals surface area contributed by atoms with E-state index in [4.69, 9.17) is 14.2 Å². The lowest BCUT2D eigenvalue weighted by molar-refractivity contribution is -0.120. The molecule has 8 heteroatoms. The molecule has 0 aliphatic rings. The summed E-state index contributed by atoms with van der Waals surface area (Å²) in [4.78, 5) is 12.4. The van der Waals surface area contributed by atoms with Crippen LogP contribution in [0.15, 0.2) is 42.5 Å². The molecule has 0 aliphatic heterocycles. The second-order valence-corrected chi connectivity index (χ2v) is 5.83.